The summed E-state index contributed by atoms with van der Waals surface area (Å²) in [5.74, 6) is 0. The van der Waals surface area contributed by atoms with Gasteiger partial charge in [0.05, 0.1) is 11.9 Å². The quantitative estimate of drug-likeness (QED) is 0.845. The Morgan fingerprint density at radius 1 is 0.846 bits per heavy atom. The molecule has 138 valence electrons. The largest absolute Gasteiger partial charge is 0.371 e. The standard InChI is InChI=1S/C22H30N4/c1-18-5-3-7-22(19(18)2)26-11-8-20(9-12-26)24-13-15-25(16-14-24)21-6-4-10-23-17-21/h3-7,10,17,20H,8-9,11-16H2,1-2H3. The summed E-state index contributed by atoms with van der Waals surface area (Å²) in [5, 5.41) is 0. The molecule has 0 atom stereocenters. The van der Waals surface area contributed by atoms with E-state index in [1.165, 1.54) is 61.5 Å². The molecule has 4 rings (SSSR count). The Morgan fingerprint density at radius 3 is 2.31 bits per heavy atom. The fourth-order valence-corrected chi connectivity index (χ4v) is 4.44. The Hall–Kier alpha value is -2.07. The first kappa shape index (κ1) is 17.3. The van der Waals surface area contributed by atoms with Crippen molar-refractivity contribution < 1.29 is 0 Å². The first-order chi connectivity index (χ1) is 12.7. The second-order valence-corrected chi connectivity index (χ2v) is 7.67. The maximum absolute atomic E-state index is 4.26. The molecule has 2 fully saturated rings. The number of benzene rings is 1. The first-order valence-corrected chi connectivity index (χ1v) is 9.92. The highest BCUT2D eigenvalue weighted by atomic mass is 15.3. The van der Waals surface area contributed by atoms with Crippen molar-refractivity contribution in [3.63, 3.8) is 0 Å². The third kappa shape index (κ3) is 3.56. The van der Waals surface area contributed by atoms with Crippen molar-refractivity contribution in [3.05, 3.63) is 53.9 Å². The van der Waals surface area contributed by atoms with Crippen molar-refractivity contribution in [2.45, 2.75) is 32.7 Å². The Balaban J connectivity index is 1.31. The summed E-state index contributed by atoms with van der Waals surface area (Å²) in [6.07, 6.45) is 6.39. The van der Waals surface area contributed by atoms with Gasteiger partial charge in [0, 0.05) is 57.2 Å². The van der Waals surface area contributed by atoms with Gasteiger partial charge in [-0.1, -0.05) is 12.1 Å². The van der Waals surface area contributed by atoms with Gasteiger partial charge in [-0.3, -0.25) is 9.88 Å². The van der Waals surface area contributed by atoms with Crippen LogP contribution in [0.3, 0.4) is 0 Å². The van der Waals surface area contributed by atoms with E-state index in [1.54, 1.807) is 0 Å². The molecule has 3 heterocycles. The summed E-state index contributed by atoms with van der Waals surface area (Å²) < 4.78 is 0. The van der Waals surface area contributed by atoms with Gasteiger partial charge < -0.3 is 9.80 Å². The van der Waals surface area contributed by atoms with E-state index in [-0.39, 0.29) is 0 Å². The van der Waals surface area contributed by atoms with Crippen molar-refractivity contribution in [2.75, 3.05) is 49.1 Å². The summed E-state index contributed by atoms with van der Waals surface area (Å²) in [6, 6.07) is 11.6. The van der Waals surface area contributed by atoms with Crippen LogP contribution in [0.1, 0.15) is 24.0 Å². The Labute approximate surface area is 157 Å². The van der Waals surface area contributed by atoms with E-state index >= 15 is 0 Å². The molecule has 0 amide bonds. The molecule has 2 saturated heterocycles. The van der Waals surface area contributed by atoms with Crippen LogP contribution < -0.4 is 9.80 Å². The lowest BCUT2D eigenvalue weighted by Gasteiger charge is -2.44. The average molecular weight is 351 g/mol. The fourth-order valence-electron chi connectivity index (χ4n) is 4.44. The van der Waals surface area contributed by atoms with E-state index in [4.69, 9.17) is 0 Å². The summed E-state index contributed by atoms with van der Waals surface area (Å²) >= 11 is 0. The molecule has 1 aromatic heterocycles. The van der Waals surface area contributed by atoms with Crippen LogP contribution in [0.15, 0.2) is 42.7 Å². The zero-order chi connectivity index (χ0) is 17.9. The summed E-state index contributed by atoms with van der Waals surface area (Å²) in [4.78, 5) is 12.0. The predicted molar refractivity (Wildman–Crippen MR) is 109 cm³/mol. The molecule has 4 heteroatoms. The smallest absolute Gasteiger partial charge is 0.0553 e. The molecular weight excluding hydrogens is 320 g/mol. The molecular formula is C22H30N4. The van der Waals surface area contributed by atoms with Crippen LogP contribution in [-0.4, -0.2) is 55.2 Å². The number of hydrogen-bond acceptors (Lipinski definition) is 4. The van der Waals surface area contributed by atoms with Crippen LogP contribution >= 0.6 is 0 Å². The van der Waals surface area contributed by atoms with Crippen molar-refractivity contribution in [3.8, 4) is 0 Å². The minimum atomic E-state index is 0.743. The van der Waals surface area contributed by atoms with Crippen molar-refractivity contribution in [2.24, 2.45) is 0 Å². The number of nitrogens with zero attached hydrogens (tertiary/aromatic N) is 4. The normalized spacial score (nSPS) is 19.8. The summed E-state index contributed by atoms with van der Waals surface area (Å²) in [6.45, 7) is 11.4. The monoisotopic (exact) mass is 350 g/mol. The minimum Gasteiger partial charge on any atom is -0.371 e. The number of hydrogen-bond donors (Lipinski definition) is 0. The lowest BCUT2D eigenvalue weighted by Crippen LogP contribution is -2.53. The van der Waals surface area contributed by atoms with Gasteiger partial charge >= 0.3 is 0 Å². The molecule has 0 saturated carbocycles. The highest BCUT2D eigenvalue weighted by Gasteiger charge is 2.28. The molecule has 0 aliphatic carbocycles. The fraction of sp³-hybridized carbons (Fsp3) is 0.500. The van der Waals surface area contributed by atoms with Crippen LogP contribution in [0.25, 0.3) is 0 Å². The number of piperazine rings is 1. The minimum absolute atomic E-state index is 0.743. The van der Waals surface area contributed by atoms with Gasteiger partial charge in [0.1, 0.15) is 0 Å². The molecule has 2 aliphatic heterocycles. The molecule has 0 unspecified atom stereocenters. The Morgan fingerprint density at radius 2 is 1.62 bits per heavy atom. The maximum atomic E-state index is 4.26. The van der Waals surface area contributed by atoms with E-state index in [2.05, 4.69) is 57.8 Å². The highest BCUT2D eigenvalue weighted by Crippen LogP contribution is 2.28. The molecule has 4 nitrogen and oxygen atoms in total. The zero-order valence-corrected chi connectivity index (χ0v) is 16.1. The number of piperidine rings is 1. The number of pyridine rings is 1. The van der Waals surface area contributed by atoms with E-state index in [9.17, 15) is 0 Å². The van der Waals surface area contributed by atoms with Gasteiger partial charge in [0.15, 0.2) is 0 Å². The van der Waals surface area contributed by atoms with Crippen LogP contribution in [0.2, 0.25) is 0 Å². The van der Waals surface area contributed by atoms with Gasteiger partial charge in [-0.05, 0) is 56.0 Å². The molecule has 2 aliphatic rings. The van der Waals surface area contributed by atoms with Crippen molar-refractivity contribution >= 4 is 11.4 Å². The van der Waals surface area contributed by atoms with Crippen molar-refractivity contribution in [1.82, 2.24) is 9.88 Å². The van der Waals surface area contributed by atoms with Crippen LogP contribution in [0.5, 0.6) is 0 Å². The van der Waals surface area contributed by atoms with Crippen LogP contribution in [0.4, 0.5) is 11.4 Å². The van der Waals surface area contributed by atoms with Crippen LogP contribution in [-0.2, 0) is 0 Å². The van der Waals surface area contributed by atoms with Crippen LogP contribution in [0, 0.1) is 13.8 Å². The average Bonchev–Trinajstić information content (AvgIpc) is 2.71. The summed E-state index contributed by atoms with van der Waals surface area (Å²) in [7, 11) is 0. The molecule has 26 heavy (non-hydrogen) atoms. The van der Waals surface area contributed by atoms with E-state index < -0.39 is 0 Å². The molecule has 0 radical (unpaired) electrons. The van der Waals surface area contributed by atoms with E-state index in [0.717, 1.165) is 19.1 Å². The number of anilines is 2. The molecule has 0 N–H and O–H groups in total. The number of aromatic nitrogens is 1. The van der Waals surface area contributed by atoms with Gasteiger partial charge in [0.2, 0.25) is 0 Å². The Kier molecular flexibility index (Phi) is 5.11. The molecule has 0 bridgehead atoms. The second-order valence-electron chi connectivity index (χ2n) is 7.67. The van der Waals surface area contributed by atoms with Gasteiger partial charge in [-0.2, -0.15) is 0 Å². The van der Waals surface area contributed by atoms with Crippen molar-refractivity contribution in [1.29, 1.82) is 0 Å². The number of aryl methyl sites for hydroxylation is 1. The molecule has 1 aromatic carbocycles. The SMILES string of the molecule is Cc1cccc(N2CCC(N3CCN(c4cccnc4)CC3)CC2)c1C. The maximum Gasteiger partial charge on any atom is 0.0553 e. The summed E-state index contributed by atoms with van der Waals surface area (Å²) in [5.41, 5.74) is 5.54. The molecule has 2 aromatic rings. The third-order valence-corrected chi connectivity index (χ3v) is 6.22. The zero-order valence-electron chi connectivity index (χ0n) is 16.1. The van der Waals surface area contributed by atoms with Gasteiger partial charge in [0.25, 0.3) is 0 Å². The van der Waals surface area contributed by atoms with Gasteiger partial charge in [-0.25, -0.2) is 0 Å². The second kappa shape index (κ2) is 7.67. The lowest BCUT2D eigenvalue weighted by molar-refractivity contribution is 0.160. The van der Waals surface area contributed by atoms with E-state index in [0.29, 0.717) is 0 Å². The third-order valence-electron chi connectivity index (χ3n) is 6.22. The highest BCUT2D eigenvalue weighted by molar-refractivity contribution is 5.56. The topological polar surface area (TPSA) is 22.6 Å². The van der Waals surface area contributed by atoms with E-state index in [1.807, 2.05) is 18.5 Å². The number of rotatable bonds is 3. The lowest BCUT2D eigenvalue weighted by atomic mass is 9.99. The van der Waals surface area contributed by atoms with Gasteiger partial charge in [-0.15, -0.1) is 0 Å². The predicted octanol–water partition coefficient (Wildman–Crippen LogP) is 3.49. The Bertz CT molecular complexity index is 714. The first-order valence-electron chi connectivity index (χ1n) is 9.92. The molecule has 0 spiro atoms.